The van der Waals surface area contributed by atoms with E-state index >= 15 is 0 Å². The summed E-state index contributed by atoms with van der Waals surface area (Å²) >= 11 is 1.43. The number of thioether (sulfide) groups is 1. The summed E-state index contributed by atoms with van der Waals surface area (Å²) in [6, 6.07) is 9.03. The maximum Gasteiger partial charge on any atom is 0.270 e. The zero-order valence-electron chi connectivity index (χ0n) is 9.54. The van der Waals surface area contributed by atoms with Gasteiger partial charge in [0.1, 0.15) is 5.82 Å². The van der Waals surface area contributed by atoms with Crippen LogP contribution in [0.5, 0.6) is 0 Å². The van der Waals surface area contributed by atoms with Crippen molar-refractivity contribution in [3.63, 3.8) is 0 Å². The van der Waals surface area contributed by atoms with E-state index in [0.717, 1.165) is 0 Å². The molecule has 17 heavy (non-hydrogen) atoms. The highest BCUT2D eigenvalue weighted by molar-refractivity contribution is 7.98. The molecule has 2 rings (SSSR count). The van der Waals surface area contributed by atoms with Crippen molar-refractivity contribution in [2.24, 2.45) is 0 Å². The Morgan fingerprint density at radius 3 is 2.65 bits per heavy atom. The third kappa shape index (κ3) is 2.47. The number of rotatable bonds is 3. The number of aromatic nitrogens is 3. The fraction of sp³-hybridized carbons (Fsp3) is 0.182. The molecule has 0 radical (unpaired) electrons. The first-order valence-electron chi connectivity index (χ1n) is 5.05. The predicted octanol–water partition coefficient (Wildman–Crippen LogP) is 1.69. The molecule has 0 fully saturated rings. The molecule has 0 aliphatic carbocycles. The van der Waals surface area contributed by atoms with Gasteiger partial charge in [-0.15, -0.1) is 10.2 Å². The van der Waals surface area contributed by atoms with Gasteiger partial charge in [-0.1, -0.05) is 30.0 Å². The second-order valence-electron chi connectivity index (χ2n) is 3.38. The zero-order valence-corrected chi connectivity index (χ0v) is 10.4. The second-order valence-corrected chi connectivity index (χ2v) is 4.15. The largest absolute Gasteiger partial charge is 0.270 e. The highest BCUT2D eigenvalue weighted by atomic mass is 32.2. The van der Waals surface area contributed by atoms with Gasteiger partial charge in [-0.3, -0.25) is 10.2 Å². The standard InChI is InChI=1S/C11H12N4OS/c1-8-12-13-11(17-2)15(8)14-10(16)9-6-4-3-5-7-9/h3-7H,1-2H3,(H,14,16). The number of benzene rings is 1. The third-order valence-electron chi connectivity index (χ3n) is 2.23. The average molecular weight is 248 g/mol. The number of aryl methyl sites for hydroxylation is 1. The number of nitrogens with one attached hydrogen (secondary N) is 1. The lowest BCUT2D eigenvalue weighted by Crippen LogP contribution is -2.24. The monoisotopic (exact) mass is 248 g/mol. The molecule has 0 bridgehead atoms. The Balaban J connectivity index is 2.21. The highest BCUT2D eigenvalue weighted by Gasteiger charge is 2.11. The smallest absolute Gasteiger partial charge is 0.267 e. The van der Waals surface area contributed by atoms with Gasteiger partial charge in [0.25, 0.3) is 5.91 Å². The number of nitrogens with zero attached hydrogens (tertiary/aromatic N) is 3. The van der Waals surface area contributed by atoms with Crippen molar-refractivity contribution >= 4 is 17.7 Å². The van der Waals surface area contributed by atoms with Gasteiger partial charge in [-0.25, -0.2) is 4.68 Å². The summed E-state index contributed by atoms with van der Waals surface area (Å²) in [5.74, 6) is 0.474. The van der Waals surface area contributed by atoms with Crippen LogP contribution in [-0.4, -0.2) is 27.0 Å². The molecular formula is C11H12N4OS. The topological polar surface area (TPSA) is 59.8 Å². The highest BCUT2D eigenvalue weighted by Crippen LogP contribution is 2.11. The summed E-state index contributed by atoms with van der Waals surface area (Å²) in [5, 5.41) is 8.51. The van der Waals surface area contributed by atoms with Crippen molar-refractivity contribution in [1.82, 2.24) is 14.9 Å². The van der Waals surface area contributed by atoms with E-state index in [2.05, 4.69) is 15.6 Å². The van der Waals surface area contributed by atoms with Crippen LogP contribution in [0.3, 0.4) is 0 Å². The minimum absolute atomic E-state index is 0.177. The van der Waals surface area contributed by atoms with Gasteiger partial charge >= 0.3 is 0 Å². The van der Waals surface area contributed by atoms with Crippen molar-refractivity contribution in [2.75, 3.05) is 11.7 Å². The van der Waals surface area contributed by atoms with Crippen LogP contribution in [0.25, 0.3) is 0 Å². The van der Waals surface area contributed by atoms with Gasteiger partial charge in [-0.2, -0.15) is 0 Å². The maximum absolute atomic E-state index is 11.9. The predicted molar refractivity (Wildman–Crippen MR) is 66.7 cm³/mol. The lowest BCUT2D eigenvalue weighted by atomic mass is 10.2. The van der Waals surface area contributed by atoms with Crippen molar-refractivity contribution in [3.05, 3.63) is 41.7 Å². The first-order chi connectivity index (χ1) is 8.22. The van der Waals surface area contributed by atoms with Crippen LogP contribution in [0.1, 0.15) is 16.2 Å². The van der Waals surface area contributed by atoms with Gasteiger partial charge in [0, 0.05) is 5.56 Å². The van der Waals surface area contributed by atoms with Gasteiger partial charge in [-0.05, 0) is 25.3 Å². The van der Waals surface area contributed by atoms with Crippen molar-refractivity contribution in [3.8, 4) is 0 Å². The molecule has 0 aliphatic rings. The lowest BCUT2D eigenvalue weighted by Gasteiger charge is -2.08. The van der Waals surface area contributed by atoms with E-state index in [9.17, 15) is 4.79 Å². The summed E-state index contributed by atoms with van der Waals surface area (Å²) in [5.41, 5.74) is 3.36. The van der Waals surface area contributed by atoms with Crippen molar-refractivity contribution < 1.29 is 4.79 Å². The Kier molecular flexibility index (Phi) is 3.43. The third-order valence-corrected chi connectivity index (χ3v) is 2.86. The first kappa shape index (κ1) is 11.7. The Hall–Kier alpha value is -1.82. The zero-order chi connectivity index (χ0) is 12.3. The van der Waals surface area contributed by atoms with Crippen LogP contribution < -0.4 is 5.43 Å². The van der Waals surface area contributed by atoms with Crippen molar-refractivity contribution in [2.45, 2.75) is 12.1 Å². The Morgan fingerprint density at radius 2 is 2.00 bits per heavy atom. The molecule has 1 aromatic carbocycles. The molecule has 0 spiro atoms. The van der Waals surface area contributed by atoms with Gasteiger partial charge in [0.05, 0.1) is 0 Å². The van der Waals surface area contributed by atoms with E-state index in [-0.39, 0.29) is 5.91 Å². The van der Waals surface area contributed by atoms with Crippen LogP contribution >= 0.6 is 11.8 Å². The quantitative estimate of drug-likeness (QED) is 0.840. The van der Waals surface area contributed by atoms with E-state index in [1.165, 1.54) is 11.8 Å². The molecule has 0 atom stereocenters. The normalized spacial score (nSPS) is 10.2. The Bertz CT molecular complexity index is 524. The van der Waals surface area contributed by atoms with E-state index in [1.807, 2.05) is 24.5 Å². The minimum Gasteiger partial charge on any atom is -0.267 e. The molecule has 1 N–H and O–H groups in total. The molecule has 88 valence electrons. The fourth-order valence-electron chi connectivity index (χ4n) is 1.36. The van der Waals surface area contributed by atoms with Crippen LogP contribution in [0.15, 0.2) is 35.5 Å². The average Bonchev–Trinajstić information content (AvgIpc) is 2.71. The molecule has 6 heteroatoms. The second kappa shape index (κ2) is 5.01. The number of hydrogen-bond acceptors (Lipinski definition) is 4. The fourth-order valence-corrected chi connectivity index (χ4v) is 1.84. The van der Waals surface area contributed by atoms with Crippen LogP contribution in [0.4, 0.5) is 0 Å². The first-order valence-corrected chi connectivity index (χ1v) is 6.27. The van der Waals surface area contributed by atoms with Crippen molar-refractivity contribution in [1.29, 1.82) is 0 Å². The number of carbonyl (C=O) groups is 1. The molecule has 1 heterocycles. The molecular weight excluding hydrogens is 236 g/mol. The van der Waals surface area contributed by atoms with E-state index < -0.39 is 0 Å². The van der Waals surface area contributed by atoms with Crippen LogP contribution in [0, 0.1) is 6.92 Å². The summed E-state index contributed by atoms with van der Waals surface area (Å²) < 4.78 is 1.58. The van der Waals surface area contributed by atoms with Crippen LogP contribution in [0.2, 0.25) is 0 Å². The SMILES string of the molecule is CSc1nnc(C)n1NC(=O)c1ccccc1. The Labute approximate surface area is 103 Å². The van der Waals surface area contributed by atoms with Gasteiger partial charge in [0.2, 0.25) is 5.16 Å². The number of carbonyl (C=O) groups excluding carboxylic acids is 1. The molecule has 0 aliphatic heterocycles. The van der Waals surface area contributed by atoms with E-state index in [0.29, 0.717) is 16.5 Å². The molecule has 0 unspecified atom stereocenters. The molecule has 1 aromatic heterocycles. The summed E-state index contributed by atoms with van der Waals surface area (Å²) in [4.78, 5) is 11.9. The van der Waals surface area contributed by atoms with E-state index in [4.69, 9.17) is 0 Å². The lowest BCUT2D eigenvalue weighted by molar-refractivity contribution is 0.101. The van der Waals surface area contributed by atoms with Crippen LogP contribution in [-0.2, 0) is 0 Å². The molecule has 1 amide bonds. The summed E-state index contributed by atoms with van der Waals surface area (Å²) in [7, 11) is 0. The molecule has 2 aromatic rings. The minimum atomic E-state index is -0.177. The van der Waals surface area contributed by atoms with E-state index in [1.54, 1.807) is 23.7 Å². The summed E-state index contributed by atoms with van der Waals surface area (Å²) in [6.45, 7) is 1.79. The molecule has 5 nitrogen and oxygen atoms in total. The molecule has 0 saturated carbocycles. The number of hydrogen-bond donors (Lipinski definition) is 1. The maximum atomic E-state index is 11.9. The molecule has 0 saturated heterocycles. The Morgan fingerprint density at radius 1 is 1.29 bits per heavy atom. The van der Waals surface area contributed by atoms with Gasteiger partial charge < -0.3 is 0 Å². The van der Waals surface area contributed by atoms with Gasteiger partial charge in [0.15, 0.2) is 0 Å². The number of amides is 1. The summed E-state index contributed by atoms with van der Waals surface area (Å²) in [6.07, 6.45) is 1.88.